The molecule has 2 heterocycles. The first-order valence-corrected chi connectivity index (χ1v) is 9.07. The molecule has 0 radical (unpaired) electrons. The van der Waals surface area contributed by atoms with E-state index in [0.29, 0.717) is 0 Å². The number of rotatable bonds is 6. The summed E-state index contributed by atoms with van der Waals surface area (Å²) in [5.74, 6) is 1.68. The molecule has 3 rings (SSSR count). The Kier molecular flexibility index (Phi) is 6.07. The number of aromatic nitrogens is 1. The average molecular weight is 353 g/mol. The second-order valence-corrected chi connectivity index (χ2v) is 6.47. The lowest BCUT2D eigenvalue weighted by atomic mass is 10.2. The number of pyridine rings is 1. The first-order valence-electron chi connectivity index (χ1n) is 9.07. The van der Waals surface area contributed by atoms with E-state index in [1.54, 1.807) is 0 Å². The predicted octanol–water partition coefficient (Wildman–Crippen LogP) is 3.13. The molecule has 1 saturated heterocycles. The highest BCUT2D eigenvalue weighted by Crippen LogP contribution is 2.25. The Balaban J connectivity index is 1.80. The zero-order valence-corrected chi connectivity index (χ0v) is 15.8. The number of nitrogens with zero attached hydrogens (tertiary/aromatic N) is 4. The van der Waals surface area contributed by atoms with Crippen molar-refractivity contribution in [2.24, 2.45) is 5.10 Å². The molecule has 0 atom stereocenters. The molecule has 138 valence electrons. The molecule has 1 fully saturated rings. The van der Waals surface area contributed by atoms with Crippen LogP contribution in [0.25, 0.3) is 0 Å². The Labute approximate surface area is 155 Å². The van der Waals surface area contributed by atoms with Gasteiger partial charge in [-0.3, -0.25) is 5.43 Å². The van der Waals surface area contributed by atoms with E-state index in [4.69, 9.17) is 9.72 Å². The van der Waals surface area contributed by atoms with Crippen LogP contribution in [-0.4, -0.2) is 51.1 Å². The molecule has 1 aromatic carbocycles. The van der Waals surface area contributed by atoms with Gasteiger partial charge in [0.25, 0.3) is 0 Å². The van der Waals surface area contributed by atoms with Crippen molar-refractivity contribution in [2.75, 3.05) is 55.1 Å². The molecule has 1 aliphatic rings. The van der Waals surface area contributed by atoms with Crippen molar-refractivity contribution in [3.63, 3.8) is 0 Å². The maximum Gasteiger partial charge on any atom is 0.150 e. The Hall–Kier alpha value is -2.60. The number of aryl methyl sites for hydroxylation is 1. The summed E-state index contributed by atoms with van der Waals surface area (Å²) >= 11 is 0. The Bertz CT molecular complexity index is 756. The largest absolute Gasteiger partial charge is 0.378 e. The molecular formula is C20H27N5O. The van der Waals surface area contributed by atoms with Crippen molar-refractivity contribution in [1.82, 2.24) is 4.98 Å². The molecule has 0 spiro atoms. The molecule has 1 N–H and O–H groups in total. The van der Waals surface area contributed by atoms with Crippen molar-refractivity contribution in [1.29, 1.82) is 0 Å². The molecular weight excluding hydrogens is 326 g/mol. The molecule has 0 unspecified atom stereocenters. The van der Waals surface area contributed by atoms with Crippen molar-refractivity contribution in [2.45, 2.75) is 13.8 Å². The number of benzene rings is 1. The Morgan fingerprint density at radius 3 is 2.81 bits per heavy atom. The molecule has 0 aliphatic carbocycles. The topological polar surface area (TPSA) is 53.0 Å². The number of hydrazone groups is 1. The van der Waals surface area contributed by atoms with Gasteiger partial charge in [0.1, 0.15) is 5.82 Å². The third kappa shape index (κ3) is 4.73. The average Bonchev–Trinajstić information content (AvgIpc) is 2.68. The van der Waals surface area contributed by atoms with Crippen molar-refractivity contribution < 1.29 is 4.74 Å². The SMILES string of the molecule is CCN(C)c1cc(N2CCOCC2)cc(N/N=C/c2cccc(C)c2)n1. The van der Waals surface area contributed by atoms with E-state index in [1.165, 1.54) is 5.56 Å². The zero-order valence-electron chi connectivity index (χ0n) is 15.8. The molecule has 2 aromatic rings. The third-order valence-corrected chi connectivity index (χ3v) is 4.47. The number of nitrogens with one attached hydrogen (secondary N) is 1. The summed E-state index contributed by atoms with van der Waals surface area (Å²) in [6.45, 7) is 8.39. The molecule has 6 nitrogen and oxygen atoms in total. The molecule has 1 aliphatic heterocycles. The van der Waals surface area contributed by atoms with Gasteiger partial charge in [0.2, 0.25) is 0 Å². The van der Waals surface area contributed by atoms with E-state index < -0.39 is 0 Å². The lowest BCUT2D eigenvalue weighted by Crippen LogP contribution is -2.36. The summed E-state index contributed by atoms with van der Waals surface area (Å²) in [6.07, 6.45) is 1.82. The standard InChI is InChI=1S/C20H27N5O/c1-4-24(3)20-14-18(25-8-10-26-11-9-25)13-19(22-20)23-21-15-17-7-5-6-16(2)12-17/h5-7,12-15H,4,8-11H2,1-3H3,(H,22,23)/b21-15+. The van der Waals surface area contributed by atoms with Gasteiger partial charge in [-0.25, -0.2) is 4.98 Å². The Morgan fingerprint density at radius 1 is 1.27 bits per heavy atom. The second kappa shape index (κ2) is 8.67. The summed E-state index contributed by atoms with van der Waals surface area (Å²) in [6, 6.07) is 12.4. The normalized spacial score (nSPS) is 14.7. The van der Waals surface area contributed by atoms with Crippen LogP contribution in [0, 0.1) is 6.92 Å². The molecule has 0 bridgehead atoms. The molecule has 6 heteroatoms. The van der Waals surface area contributed by atoms with Gasteiger partial charge in [0.05, 0.1) is 19.4 Å². The molecule has 0 saturated carbocycles. The quantitative estimate of drug-likeness (QED) is 0.639. The minimum atomic E-state index is 0.744. The first kappa shape index (κ1) is 18.2. The van der Waals surface area contributed by atoms with Crippen LogP contribution in [0.5, 0.6) is 0 Å². The number of hydrogen-bond donors (Lipinski definition) is 1. The van der Waals surface area contributed by atoms with Gasteiger partial charge in [-0.15, -0.1) is 0 Å². The minimum Gasteiger partial charge on any atom is -0.378 e. The van der Waals surface area contributed by atoms with Crippen LogP contribution in [-0.2, 0) is 4.74 Å². The first-order chi connectivity index (χ1) is 12.7. The smallest absolute Gasteiger partial charge is 0.150 e. The van der Waals surface area contributed by atoms with E-state index >= 15 is 0 Å². The van der Waals surface area contributed by atoms with E-state index in [9.17, 15) is 0 Å². The van der Waals surface area contributed by atoms with Gasteiger partial charge >= 0.3 is 0 Å². The number of hydrogen-bond acceptors (Lipinski definition) is 6. The maximum atomic E-state index is 5.47. The van der Waals surface area contributed by atoms with Crippen LogP contribution in [0.15, 0.2) is 41.5 Å². The van der Waals surface area contributed by atoms with Crippen LogP contribution >= 0.6 is 0 Å². The van der Waals surface area contributed by atoms with Gasteiger partial charge in [0.15, 0.2) is 5.82 Å². The highest BCUT2D eigenvalue weighted by Gasteiger charge is 2.14. The monoisotopic (exact) mass is 353 g/mol. The summed E-state index contributed by atoms with van der Waals surface area (Å²) in [5.41, 5.74) is 6.51. The van der Waals surface area contributed by atoms with Crippen LogP contribution in [0.1, 0.15) is 18.1 Å². The number of anilines is 3. The fraction of sp³-hybridized carbons (Fsp3) is 0.400. The number of ether oxygens (including phenoxy) is 1. The van der Waals surface area contributed by atoms with E-state index in [-0.39, 0.29) is 0 Å². The highest BCUT2D eigenvalue weighted by atomic mass is 16.5. The lowest BCUT2D eigenvalue weighted by Gasteiger charge is -2.30. The Morgan fingerprint density at radius 2 is 2.08 bits per heavy atom. The number of morpholine rings is 1. The van der Waals surface area contributed by atoms with Crippen LogP contribution < -0.4 is 15.2 Å². The van der Waals surface area contributed by atoms with Gasteiger partial charge in [-0.05, 0) is 19.4 Å². The van der Waals surface area contributed by atoms with E-state index in [2.05, 4.69) is 52.4 Å². The summed E-state index contributed by atoms with van der Waals surface area (Å²) in [5, 5.41) is 4.37. The van der Waals surface area contributed by atoms with Crippen LogP contribution in [0.4, 0.5) is 17.3 Å². The van der Waals surface area contributed by atoms with Crippen LogP contribution in [0.3, 0.4) is 0 Å². The predicted molar refractivity (Wildman–Crippen MR) is 109 cm³/mol. The highest BCUT2D eigenvalue weighted by molar-refractivity contribution is 5.80. The lowest BCUT2D eigenvalue weighted by molar-refractivity contribution is 0.122. The van der Waals surface area contributed by atoms with E-state index in [1.807, 2.05) is 31.5 Å². The van der Waals surface area contributed by atoms with Crippen LogP contribution in [0.2, 0.25) is 0 Å². The van der Waals surface area contributed by atoms with Gasteiger partial charge < -0.3 is 14.5 Å². The fourth-order valence-electron chi connectivity index (χ4n) is 2.84. The second-order valence-electron chi connectivity index (χ2n) is 6.47. The van der Waals surface area contributed by atoms with Crippen molar-refractivity contribution >= 4 is 23.5 Å². The zero-order chi connectivity index (χ0) is 18.4. The molecule has 0 amide bonds. The van der Waals surface area contributed by atoms with Crippen molar-refractivity contribution in [3.05, 3.63) is 47.5 Å². The summed E-state index contributed by atoms with van der Waals surface area (Å²) in [4.78, 5) is 9.14. The molecule has 26 heavy (non-hydrogen) atoms. The molecule has 1 aromatic heterocycles. The van der Waals surface area contributed by atoms with Crippen molar-refractivity contribution in [3.8, 4) is 0 Å². The van der Waals surface area contributed by atoms with Gasteiger partial charge in [-0.1, -0.05) is 29.8 Å². The fourth-order valence-corrected chi connectivity index (χ4v) is 2.84. The summed E-state index contributed by atoms with van der Waals surface area (Å²) < 4.78 is 5.47. The third-order valence-electron chi connectivity index (χ3n) is 4.47. The minimum absolute atomic E-state index is 0.744. The van der Waals surface area contributed by atoms with Gasteiger partial charge in [-0.2, -0.15) is 5.10 Å². The van der Waals surface area contributed by atoms with Gasteiger partial charge in [0, 0.05) is 44.5 Å². The maximum absolute atomic E-state index is 5.47. The summed E-state index contributed by atoms with van der Waals surface area (Å²) in [7, 11) is 2.05. The van der Waals surface area contributed by atoms with E-state index in [0.717, 1.165) is 55.7 Å².